The van der Waals surface area contributed by atoms with Gasteiger partial charge in [0.1, 0.15) is 17.1 Å². The minimum atomic E-state index is 0. The molecule has 7 nitrogen and oxygen atoms in total. The molecule has 1 aromatic carbocycles. The summed E-state index contributed by atoms with van der Waals surface area (Å²) in [7, 11) is 1.95. The first-order valence-corrected chi connectivity index (χ1v) is 8.56. The van der Waals surface area contributed by atoms with Crippen LogP contribution >= 0.6 is 0 Å². The molecular formula is C20H26N6O. The summed E-state index contributed by atoms with van der Waals surface area (Å²) in [6, 6.07) is 4.19. The molecule has 0 saturated heterocycles. The number of imidazole rings is 1. The molecule has 0 unspecified atom stereocenters. The number of nitrogens with one attached hydrogen (secondary N) is 2. The van der Waals surface area contributed by atoms with E-state index in [9.17, 15) is 0 Å². The van der Waals surface area contributed by atoms with Gasteiger partial charge < -0.3 is 14.8 Å². The van der Waals surface area contributed by atoms with Gasteiger partial charge in [0.25, 0.3) is 0 Å². The predicted octanol–water partition coefficient (Wildman–Crippen LogP) is 4.87. The van der Waals surface area contributed by atoms with E-state index in [-0.39, 0.29) is 7.43 Å². The Balaban J connectivity index is 0.00000210. The quantitative estimate of drug-likeness (QED) is 0.540. The molecule has 0 bridgehead atoms. The summed E-state index contributed by atoms with van der Waals surface area (Å²) >= 11 is 0. The van der Waals surface area contributed by atoms with Crippen molar-refractivity contribution in [3.05, 3.63) is 40.8 Å². The lowest BCUT2D eigenvalue weighted by Crippen LogP contribution is -1.97. The van der Waals surface area contributed by atoms with Gasteiger partial charge in [-0.1, -0.05) is 12.6 Å². The molecule has 2 N–H and O–H groups in total. The van der Waals surface area contributed by atoms with E-state index < -0.39 is 0 Å². The minimum absolute atomic E-state index is 0. The zero-order chi connectivity index (χ0) is 18.6. The van der Waals surface area contributed by atoms with Gasteiger partial charge in [-0.2, -0.15) is 5.10 Å². The maximum Gasteiger partial charge on any atom is 0.141 e. The van der Waals surface area contributed by atoms with E-state index in [1.165, 1.54) is 0 Å². The molecule has 3 heterocycles. The molecule has 0 aliphatic heterocycles. The second-order valence-electron chi connectivity index (χ2n) is 6.74. The number of benzene rings is 1. The molecule has 142 valence electrons. The molecule has 27 heavy (non-hydrogen) atoms. The summed E-state index contributed by atoms with van der Waals surface area (Å²) in [5, 5.41) is 12.1. The lowest BCUT2D eigenvalue weighted by atomic mass is 10.0. The highest BCUT2D eigenvalue weighted by Crippen LogP contribution is 2.35. The Hall–Kier alpha value is -3.09. The summed E-state index contributed by atoms with van der Waals surface area (Å²) in [4.78, 5) is 8.00. The van der Waals surface area contributed by atoms with E-state index in [2.05, 4.69) is 37.7 Å². The minimum Gasteiger partial charge on any atom is -0.361 e. The van der Waals surface area contributed by atoms with Crippen LogP contribution in [0.1, 0.15) is 36.1 Å². The fourth-order valence-electron chi connectivity index (χ4n) is 3.46. The standard InChI is InChI=1S/C19H22N6O.CH4/c1-9-17(12(4)26-24-9)14-7-15-19(21-13(5)20-15)16(8-14)22-18-10(2)23-25(6)11(18)3;/h7-8,22H,1-6H3,(H,20,21);1H4. The molecule has 4 rings (SSSR count). The number of nitrogens with zero attached hydrogens (tertiary/aromatic N) is 4. The van der Waals surface area contributed by atoms with Gasteiger partial charge in [-0.05, 0) is 52.3 Å². The molecule has 0 spiro atoms. The molecule has 0 aliphatic rings. The first kappa shape index (κ1) is 18.7. The Morgan fingerprint density at radius 3 is 2.41 bits per heavy atom. The molecular weight excluding hydrogens is 340 g/mol. The molecule has 7 heteroatoms. The Kier molecular flexibility index (Phi) is 4.55. The summed E-state index contributed by atoms with van der Waals surface area (Å²) in [6.07, 6.45) is 0. The van der Waals surface area contributed by atoms with Gasteiger partial charge in [0.15, 0.2) is 0 Å². The average molecular weight is 366 g/mol. The molecule has 0 aliphatic carbocycles. The first-order chi connectivity index (χ1) is 12.3. The molecule has 0 radical (unpaired) electrons. The van der Waals surface area contributed by atoms with Crippen LogP contribution in [-0.4, -0.2) is 24.9 Å². The van der Waals surface area contributed by atoms with Crippen LogP contribution in [0.2, 0.25) is 0 Å². The lowest BCUT2D eigenvalue weighted by Gasteiger charge is -2.10. The summed E-state index contributed by atoms with van der Waals surface area (Å²) < 4.78 is 7.23. The molecule has 3 aromatic heterocycles. The number of hydrogen-bond donors (Lipinski definition) is 2. The highest BCUT2D eigenvalue weighted by atomic mass is 16.5. The fraction of sp³-hybridized carbons (Fsp3) is 0.350. The van der Waals surface area contributed by atoms with Crippen LogP contribution in [-0.2, 0) is 7.05 Å². The van der Waals surface area contributed by atoms with Crippen LogP contribution in [0.4, 0.5) is 11.4 Å². The third-order valence-electron chi connectivity index (χ3n) is 4.80. The number of aromatic amines is 1. The third kappa shape index (κ3) is 2.99. The Morgan fingerprint density at radius 1 is 1.07 bits per heavy atom. The normalized spacial score (nSPS) is 11.0. The number of aryl methyl sites for hydroxylation is 5. The summed E-state index contributed by atoms with van der Waals surface area (Å²) in [5.74, 6) is 1.68. The second-order valence-corrected chi connectivity index (χ2v) is 6.74. The highest BCUT2D eigenvalue weighted by molar-refractivity contribution is 5.95. The number of H-pyrrole nitrogens is 1. The smallest absolute Gasteiger partial charge is 0.141 e. The highest BCUT2D eigenvalue weighted by Gasteiger charge is 2.17. The van der Waals surface area contributed by atoms with E-state index in [1.807, 2.05) is 46.3 Å². The second kappa shape index (κ2) is 6.57. The first-order valence-electron chi connectivity index (χ1n) is 8.56. The number of hydrogen-bond acceptors (Lipinski definition) is 5. The van der Waals surface area contributed by atoms with Crippen molar-refractivity contribution < 1.29 is 4.52 Å². The van der Waals surface area contributed by atoms with Crippen molar-refractivity contribution in [3.63, 3.8) is 0 Å². The number of aromatic nitrogens is 5. The van der Waals surface area contributed by atoms with Crippen molar-refractivity contribution in [1.29, 1.82) is 0 Å². The van der Waals surface area contributed by atoms with E-state index in [0.29, 0.717) is 0 Å². The van der Waals surface area contributed by atoms with E-state index >= 15 is 0 Å². The van der Waals surface area contributed by atoms with Crippen LogP contribution in [0, 0.1) is 34.6 Å². The van der Waals surface area contributed by atoms with Crippen LogP contribution in [0.15, 0.2) is 16.7 Å². The number of fused-ring (bicyclic) bond motifs is 1. The molecule has 4 aromatic rings. The van der Waals surface area contributed by atoms with Crippen LogP contribution in [0.3, 0.4) is 0 Å². The number of anilines is 2. The van der Waals surface area contributed by atoms with Crippen molar-refractivity contribution in [1.82, 2.24) is 24.9 Å². The molecule has 0 amide bonds. The van der Waals surface area contributed by atoms with Gasteiger partial charge in [0.05, 0.1) is 34.0 Å². The lowest BCUT2D eigenvalue weighted by molar-refractivity contribution is 0.393. The molecule has 0 fully saturated rings. The van der Waals surface area contributed by atoms with Gasteiger partial charge in [0, 0.05) is 12.6 Å². The van der Waals surface area contributed by atoms with Crippen molar-refractivity contribution in [3.8, 4) is 11.1 Å². The van der Waals surface area contributed by atoms with Crippen molar-refractivity contribution in [2.24, 2.45) is 7.05 Å². The topological polar surface area (TPSA) is 84.6 Å². The van der Waals surface area contributed by atoms with Crippen LogP contribution < -0.4 is 5.32 Å². The fourth-order valence-corrected chi connectivity index (χ4v) is 3.46. The van der Waals surface area contributed by atoms with Gasteiger partial charge in [0.2, 0.25) is 0 Å². The van der Waals surface area contributed by atoms with Gasteiger partial charge in [-0.3, -0.25) is 4.68 Å². The third-order valence-corrected chi connectivity index (χ3v) is 4.80. The Morgan fingerprint density at radius 2 is 1.81 bits per heavy atom. The summed E-state index contributed by atoms with van der Waals surface area (Å²) in [5.41, 5.74) is 8.77. The van der Waals surface area contributed by atoms with Gasteiger partial charge in [-0.25, -0.2) is 4.98 Å². The van der Waals surface area contributed by atoms with Crippen molar-refractivity contribution >= 4 is 22.4 Å². The van der Waals surface area contributed by atoms with Gasteiger partial charge in [-0.15, -0.1) is 0 Å². The maximum absolute atomic E-state index is 5.36. The zero-order valence-electron chi connectivity index (χ0n) is 15.9. The Bertz CT molecular complexity index is 1110. The number of rotatable bonds is 3. The van der Waals surface area contributed by atoms with E-state index in [1.54, 1.807) is 0 Å². The van der Waals surface area contributed by atoms with Gasteiger partial charge >= 0.3 is 0 Å². The van der Waals surface area contributed by atoms with Crippen molar-refractivity contribution in [2.45, 2.75) is 42.0 Å². The largest absolute Gasteiger partial charge is 0.361 e. The maximum atomic E-state index is 5.36. The van der Waals surface area contributed by atoms with E-state index in [4.69, 9.17) is 4.52 Å². The average Bonchev–Trinajstić information content (AvgIpc) is 3.19. The van der Waals surface area contributed by atoms with Crippen LogP contribution in [0.5, 0.6) is 0 Å². The Labute approximate surface area is 158 Å². The summed E-state index contributed by atoms with van der Waals surface area (Å²) in [6.45, 7) is 9.89. The zero-order valence-corrected chi connectivity index (χ0v) is 15.9. The van der Waals surface area contributed by atoms with Crippen molar-refractivity contribution in [2.75, 3.05) is 5.32 Å². The van der Waals surface area contributed by atoms with Crippen LogP contribution in [0.25, 0.3) is 22.2 Å². The SMILES string of the molecule is C.Cc1nc2c(Nc3c(C)nn(C)c3C)cc(-c3c(C)noc3C)cc2[nH]1. The van der Waals surface area contributed by atoms with E-state index in [0.717, 1.165) is 62.2 Å². The monoisotopic (exact) mass is 366 g/mol. The molecule has 0 saturated carbocycles. The predicted molar refractivity (Wildman–Crippen MR) is 108 cm³/mol. The molecule has 0 atom stereocenters.